The van der Waals surface area contributed by atoms with Crippen LogP contribution in [0, 0.1) is 12.8 Å². The first-order valence-electron chi connectivity index (χ1n) is 8.98. The maximum Gasteiger partial charge on any atom is 0.253 e. The highest BCUT2D eigenvalue weighted by molar-refractivity contribution is 5.94. The van der Waals surface area contributed by atoms with Gasteiger partial charge in [0.25, 0.3) is 5.91 Å². The molecule has 0 radical (unpaired) electrons. The molecule has 0 spiro atoms. The average Bonchev–Trinajstić information content (AvgIpc) is 3.13. The first-order chi connectivity index (χ1) is 11.6. The number of amides is 2. The Morgan fingerprint density at radius 3 is 2.32 bits per heavy atom. The van der Waals surface area contributed by atoms with Gasteiger partial charge in [0, 0.05) is 38.2 Å². The molecule has 5 nitrogen and oxygen atoms in total. The zero-order valence-electron chi connectivity index (χ0n) is 14.9. The van der Waals surface area contributed by atoms with Crippen molar-refractivity contribution in [3.8, 4) is 0 Å². The van der Waals surface area contributed by atoms with Gasteiger partial charge in [-0.25, -0.2) is 0 Å². The summed E-state index contributed by atoms with van der Waals surface area (Å²) in [6.07, 6.45) is 2.80. The van der Waals surface area contributed by atoms with Crippen LogP contribution >= 0.6 is 12.4 Å². The van der Waals surface area contributed by atoms with Crippen LogP contribution in [-0.2, 0) is 4.79 Å². The molecule has 138 valence electrons. The number of aryl methyl sites for hydroxylation is 1. The van der Waals surface area contributed by atoms with Gasteiger partial charge in [-0.2, -0.15) is 0 Å². The van der Waals surface area contributed by atoms with Crippen molar-refractivity contribution in [3.05, 3.63) is 35.4 Å². The van der Waals surface area contributed by atoms with Crippen LogP contribution in [-0.4, -0.2) is 60.9 Å². The molecule has 25 heavy (non-hydrogen) atoms. The van der Waals surface area contributed by atoms with E-state index in [0.29, 0.717) is 38.5 Å². The third-order valence-corrected chi connectivity index (χ3v) is 5.15. The molecule has 1 atom stereocenters. The van der Waals surface area contributed by atoms with Gasteiger partial charge >= 0.3 is 0 Å². The molecule has 2 heterocycles. The summed E-state index contributed by atoms with van der Waals surface area (Å²) in [6.45, 7) is 6.70. The van der Waals surface area contributed by atoms with Crippen molar-refractivity contribution < 1.29 is 9.59 Å². The number of hydrogen-bond donors (Lipinski definition) is 1. The number of benzene rings is 1. The predicted octanol–water partition coefficient (Wildman–Crippen LogP) is 2.09. The molecule has 1 N–H and O–H groups in total. The molecule has 3 rings (SSSR count). The number of piperazine rings is 1. The molecule has 6 heteroatoms. The molecule has 2 saturated heterocycles. The SMILES string of the molecule is Cc1ccc(C(=O)N2CCN(C(=O)CCC3CCNC3)CC2)cc1.Cl. The fourth-order valence-electron chi connectivity index (χ4n) is 3.48. The summed E-state index contributed by atoms with van der Waals surface area (Å²) in [6, 6.07) is 7.69. The second kappa shape index (κ2) is 9.20. The molecular formula is C19H28ClN3O2. The molecule has 2 aliphatic rings. The molecule has 2 amide bonds. The lowest BCUT2D eigenvalue weighted by Crippen LogP contribution is -2.50. The Kier molecular flexibility index (Phi) is 7.26. The van der Waals surface area contributed by atoms with Gasteiger partial charge in [0.2, 0.25) is 5.91 Å². The minimum absolute atomic E-state index is 0. The minimum Gasteiger partial charge on any atom is -0.339 e. The van der Waals surface area contributed by atoms with Crippen LogP contribution in [0.3, 0.4) is 0 Å². The Labute approximate surface area is 156 Å². The summed E-state index contributed by atoms with van der Waals surface area (Å²) >= 11 is 0. The first-order valence-corrected chi connectivity index (χ1v) is 8.98. The van der Waals surface area contributed by atoms with Gasteiger partial charge in [-0.15, -0.1) is 12.4 Å². The molecule has 0 aliphatic carbocycles. The van der Waals surface area contributed by atoms with Crippen molar-refractivity contribution in [1.82, 2.24) is 15.1 Å². The fourth-order valence-corrected chi connectivity index (χ4v) is 3.48. The highest BCUT2D eigenvalue weighted by Crippen LogP contribution is 2.16. The molecule has 0 aromatic heterocycles. The van der Waals surface area contributed by atoms with Gasteiger partial charge in [-0.05, 0) is 50.9 Å². The lowest BCUT2D eigenvalue weighted by molar-refractivity contribution is -0.132. The van der Waals surface area contributed by atoms with Gasteiger partial charge < -0.3 is 15.1 Å². The van der Waals surface area contributed by atoms with Crippen molar-refractivity contribution in [3.63, 3.8) is 0 Å². The second-order valence-corrected chi connectivity index (χ2v) is 6.94. The molecule has 1 aromatic carbocycles. The number of carbonyl (C=O) groups is 2. The molecule has 0 saturated carbocycles. The number of nitrogens with zero attached hydrogens (tertiary/aromatic N) is 2. The maximum absolute atomic E-state index is 12.5. The van der Waals surface area contributed by atoms with E-state index in [0.717, 1.165) is 30.6 Å². The summed E-state index contributed by atoms with van der Waals surface area (Å²) < 4.78 is 0. The number of nitrogens with one attached hydrogen (secondary N) is 1. The van der Waals surface area contributed by atoms with Crippen molar-refractivity contribution in [2.24, 2.45) is 5.92 Å². The normalized spacial score (nSPS) is 20.3. The monoisotopic (exact) mass is 365 g/mol. The van der Waals surface area contributed by atoms with Crippen LogP contribution in [0.15, 0.2) is 24.3 Å². The summed E-state index contributed by atoms with van der Waals surface area (Å²) in [7, 11) is 0. The topological polar surface area (TPSA) is 52.7 Å². The van der Waals surface area contributed by atoms with E-state index in [-0.39, 0.29) is 24.2 Å². The molecule has 2 aliphatic heterocycles. The highest BCUT2D eigenvalue weighted by Gasteiger charge is 2.25. The molecule has 2 fully saturated rings. The summed E-state index contributed by atoms with van der Waals surface area (Å²) in [4.78, 5) is 28.6. The van der Waals surface area contributed by atoms with Crippen molar-refractivity contribution in [2.75, 3.05) is 39.3 Å². The smallest absolute Gasteiger partial charge is 0.253 e. The minimum atomic E-state index is 0. The number of carbonyl (C=O) groups excluding carboxylic acids is 2. The Morgan fingerprint density at radius 2 is 1.72 bits per heavy atom. The van der Waals surface area contributed by atoms with E-state index < -0.39 is 0 Å². The maximum atomic E-state index is 12.5. The number of halogens is 1. The van der Waals surface area contributed by atoms with Gasteiger partial charge in [-0.3, -0.25) is 9.59 Å². The van der Waals surface area contributed by atoms with E-state index in [2.05, 4.69) is 5.32 Å². The molecular weight excluding hydrogens is 338 g/mol. The fraction of sp³-hybridized carbons (Fsp3) is 0.579. The summed E-state index contributed by atoms with van der Waals surface area (Å²) in [5.74, 6) is 0.960. The van der Waals surface area contributed by atoms with E-state index in [4.69, 9.17) is 0 Å². The van der Waals surface area contributed by atoms with Gasteiger partial charge in [-0.1, -0.05) is 17.7 Å². The largest absolute Gasteiger partial charge is 0.339 e. The predicted molar refractivity (Wildman–Crippen MR) is 101 cm³/mol. The summed E-state index contributed by atoms with van der Waals surface area (Å²) in [5, 5.41) is 3.34. The third kappa shape index (κ3) is 5.19. The first kappa shape index (κ1) is 19.7. The number of hydrogen-bond acceptors (Lipinski definition) is 3. The Hall–Kier alpha value is -1.59. The lowest BCUT2D eigenvalue weighted by atomic mass is 10.0. The van der Waals surface area contributed by atoms with Crippen LogP contribution in [0.5, 0.6) is 0 Å². The van der Waals surface area contributed by atoms with E-state index in [1.807, 2.05) is 41.0 Å². The van der Waals surface area contributed by atoms with E-state index in [1.54, 1.807) is 0 Å². The van der Waals surface area contributed by atoms with Crippen LogP contribution in [0.25, 0.3) is 0 Å². The Balaban J connectivity index is 0.00000225. The quantitative estimate of drug-likeness (QED) is 0.888. The average molecular weight is 366 g/mol. The lowest BCUT2D eigenvalue weighted by Gasteiger charge is -2.35. The van der Waals surface area contributed by atoms with Crippen LogP contribution in [0.2, 0.25) is 0 Å². The van der Waals surface area contributed by atoms with Crippen LogP contribution < -0.4 is 5.32 Å². The molecule has 1 aromatic rings. The van der Waals surface area contributed by atoms with Crippen molar-refractivity contribution >= 4 is 24.2 Å². The van der Waals surface area contributed by atoms with Crippen molar-refractivity contribution in [2.45, 2.75) is 26.2 Å². The Morgan fingerprint density at radius 1 is 1.08 bits per heavy atom. The van der Waals surface area contributed by atoms with E-state index >= 15 is 0 Å². The van der Waals surface area contributed by atoms with Gasteiger partial charge in [0.1, 0.15) is 0 Å². The van der Waals surface area contributed by atoms with E-state index in [9.17, 15) is 9.59 Å². The van der Waals surface area contributed by atoms with Gasteiger partial charge in [0.05, 0.1) is 0 Å². The zero-order chi connectivity index (χ0) is 16.9. The van der Waals surface area contributed by atoms with Crippen LogP contribution in [0.1, 0.15) is 35.2 Å². The molecule has 1 unspecified atom stereocenters. The standard InChI is InChI=1S/C19H27N3O2.ClH/c1-15-2-5-17(6-3-15)19(24)22-12-10-21(11-13-22)18(23)7-4-16-8-9-20-14-16;/h2-3,5-6,16,20H,4,7-14H2,1H3;1H. The van der Waals surface area contributed by atoms with Crippen molar-refractivity contribution in [1.29, 1.82) is 0 Å². The second-order valence-electron chi connectivity index (χ2n) is 6.94. The highest BCUT2D eigenvalue weighted by atomic mass is 35.5. The van der Waals surface area contributed by atoms with E-state index in [1.165, 1.54) is 6.42 Å². The zero-order valence-corrected chi connectivity index (χ0v) is 15.7. The number of rotatable bonds is 4. The third-order valence-electron chi connectivity index (χ3n) is 5.15. The van der Waals surface area contributed by atoms with Crippen LogP contribution in [0.4, 0.5) is 0 Å². The Bertz CT molecular complexity index is 577. The molecule has 0 bridgehead atoms. The summed E-state index contributed by atoms with van der Waals surface area (Å²) in [5.41, 5.74) is 1.88. The van der Waals surface area contributed by atoms with Gasteiger partial charge in [0.15, 0.2) is 0 Å².